The summed E-state index contributed by atoms with van der Waals surface area (Å²) in [6, 6.07) is 0.979. The fraction of sp³-hybridized carbons (Fsp3) is 0.556. The Morgan fingerprint density at radius 2 is 1.73 bits per heavy atom. The fourth-order valence-corrected chi connectivity index (χ4v) is 3.88. The number of nitrogens with zero attached hydrogens (tertiary/aromatic N) is 2. The number of hydrogen-bond donors (Lipinski definition) is 1. The van der Waals surface area contributed by atoms with Crippen LogP contribution < -0.4 is 0 Å². The van der Waals surface area contributed by atoms with E-state index in [0.29, 0.717) is 57.6 Å². The van der Waals surface area contributed by atoms with E-state index in [9.17, 15) is 22.8 Å². The van der Waals surface area contributed by atoms with E-state index >= 15 is 0 Å². The van der Waals surface area contributed by atoms with Gasteiger partial charge in [0, 0.05) is 38.7 Å². The van der Waals surface area contributed by atoms with E-state index in [0.717, 1.165) is 6.42 Å². The molecular weight excluding hydrogens is 349 g/mol. The molecule has 142 valence electrons. The Morgan fingerprint density at radius 3 is 2.38 bits per heavy atom. The van der Waals surface area contributed by atoms with Crippen molar-refractivity contribution in [2.24, 2.45) is 5.41 Å². The molecule has 1 aromatic rings. The van der Waals surface area contributed by atoms with Crippen LogP contribution in [-0.4, -0.2) is 59.5 Å². The summed E-state index contributed by atoms with van der Waals surface area (Å²) in [6.07, 6.45) is 2.40. The molecule has 2 heterocycles. The summed E-state index contributed by atoms with van der Waals surface area (Å²) in [4.78, 5) is 27.5. The van der Waals surface area contributed by atoms with Crippen LogP contribution in [0.15, 0.2) is 12.1 Å². The molecular formula is C18H21F3N2O3. The Hall–Kier alpha value is -2.09. The van der Waals surface area contributed by atoms with Crippen molar-refractivity contribution in [1.82, 2.24) is 9.80 Å². The summed E-state index contributed by atoms with van der Waals surface area (Å²) >= 11 is 0. The van der Waals surface area contributed by atoms with Gasteiger partial charge in [0.1, 0.15) is 5.82 Å². The van der Waals surface area contributed by atoms with Crippen LogP contribution in [0, 0.1) is 22.9 Å². The maximum atomic E-state index is 13.8. The lowest BCUT2D eigenvalue weighted by Gasteiger charge is -2.47. The first-order valence-electron chi connectivity index (χ1n) is 8.68. The number of aliphatic hydroxyl groups is 1. The molecule has 1 spiro atoms. The smallest absolute Gasteiger partial charge is 0.256 e. The molecule has 0 atom stereocenters. The molecule has 2 aliphatic heterocycles. The lowest BCUT2D eigenvalue weighted by atomic mass is 9.72. The molecule has 0 saturated carbocycles. The van der Waals surface area contributed by atoms with Gasteiger partial charge in [-0.25, -0.2) is 13.2 Å². The maximum Gasteiger partial charge on any atom is 0.256 e. The van der Waals surface area contributed by atoms with E-state index in [2.05, 4.69) is 0 Å². The lowest BCUT2D eigenvalue weighted by Crippen LogP contribution is -2.52. The Labute approximate surface area is 149 Å². The molecule has 1 N–H and O–H groups in total. The monoisotopic (exact) mass is 370 g/mol. The average Bonchev–Trinajstić information content (AvgIpc) is 2.62. The topological polar surface area (TPSA) is 60.9 Å². The molecule has 1 aromatic carbocycles. The highest BCUT2D eigenvalue weighted by Gasteiger charge is 2.41. The van der Waals surface area contributed by atoms with Crippen molar-refractivity contribution in [3.63, 3.8) is 0 Å². The number of benzene rings is 1. The van der Waals surface area contributed by atoms with Crippen molar-refractivity contribution in [3.05, 3.63) is 35.1 Å². The third kappa shape index (κ3) is 3.56. The molecule has 5 nitrogen and oxygen atoms in total. The third-order valence-electron chi connectivity index (χ3n) is 5.47. The second-order valence-electron chi connectivity index (χ2n) is 7.08. The van der Waals surface area contributed by atoms with Crippen LogP contribution >= 0.6 is 0 Å². The number of likely N-dealkylation sites (tertiary alicyclic amines) is 2. The minimum absolute atomic E-state index is 0.0204. The molecule has 0 unspecified atom stereocenters. The van der Waals surface area contributed by atoms with Gasteiger partial charge in [0.25, 0.3) is 5.91 Å². The van der Waals surface area contributed by atoms with Crippen molar-refractivity contribution in [2.45, 2.75) is 25.7 Å². The van der Waals surface area contributed by atoms with Crippen LogP contribution in [0.1, 0.15) is 36.0 Å². The van der Waals surface area contributed by atoms with Crippen molar-refractivity contribution in [2.75, 3.05) is 32.8 Å². The van der Waals surface area contributed by atoms with E-state index in [1.165, 1.54) is 4.90 Å². The maximum absolute atomic E-state index is 13.8. The molecule has 2 saturated heterocycles. The lowest BCUT2D eigenvalue weighted by molar-refractivity contribution is -0.139. The quantitative estimate of drug-likeness (QED) is 0.828. The summed E-state index contributed by atoms with van der Waals surface area (Å²) in [7, 11) is 0. The van der Waals surface area contributed by atoms with Crippen molar-refractivity contribution in [1.29, 1.82) is 0 Å². The first-order chi connectivity index (χ1) is 12.3. The fourth-order valence-electron chi connectivity index (χ4n) is 3.88. The van der Waals surface area contributed by atoms with E-state index in [4.69, 9.17) is 5.11 Å². The van der Waals surface area contributed by atoms with Crippen LogP contribution in [0.4, 0.5) is 13.2 Å². The molecule has 26 heavy (non-hydrogen) atoms. The average molecular weight is 370 g/mol. The van der Waals surface area contributed by atoms with Gasteiger partial charge in [-0.2, -0.15) is 0 Å². The minimum Gasteiger partial charge on any atom is -0.395 e. The van der Waals surface area contributed by atoms with Crippen LogP contribution in [-0.2, 0) is 4.79 Å². The number of rotatable bonds is 3. The number of aliphatic hydroxyl groups excluding tert-OH is 1. The number of amides is 2. The first kappa shape index (κ1) is 18.7. The number of hydrogen-bond acceptors (Lipinski definition) is 3. The standard InChI is InChI=1S/C18H21F3N2O3/c19-13-10-15(21)14(20)9-12(13)17(26)22-5-3-18(4-6-22)2-1-16(25)23(11-18)7-8-24/h9-10,24H,1-8,11H2. The Balaban J connectivity index is 1.68. The molecule has 2 aliphatic rings. The highest BCUT2D eigenvalue weighted by molar-refractivity contribution is 5.94. The summed E-state index contributed by atoms with van der Waals surface area (Å²) < 4.78 is 40.2. The van der Waals surface area contributed by atoms with Crippen LogP contribution in [0.2, 0.25) is 0 Å². The number of carbonyl (C=O) groups is 2. The molecule has 0 aromatic heterocycles. The zero-order valence-corrected chi connectivity index (χ0v) is 14.3. The third-order valence-corrected chi connectivity index (χ3v) is 5.47. The van der Waals surface area contributed by atoms with Crippen LogP contribution in [0.25, 0.3) is 0 Å². The van der Waals surface area contributed by atoms with Gasteiger partial charge in [-0.05, 0) is 30.7 Å². The highest BCUT2D eigenvalue weighted by Crippen LogP contribution is 2.40. The van der Waals surface area contributed by atoms with Gasteiger partial charge in [-0.1, -0.05) is 0 Å². The molecule has 8 heteroatoms. The normalized spacial score (nSPS) is 19.9. The van der Waals surface area contributed by atoms with Gasteiger partial charge < -0.3 is 14.9 Å². The summed E-state index contributed by atoms with van der Waals surface area (Å²) in [6.45, 7) is 1.45. The second kappa shape index (κ2) is 7.26. The number of halogens is 3. The van der Waals surface area contributed by atoms with E-state index < -0.39 is 28.9 Å². The number of carbonyl (C=O) groups excluding carboxylic acids is 2. The number of piperidine rings is 2. The Kier molecular flexibility index (Phi) is 5.22. The van der Waals surface area contributed by atoms with E-state index in [1.54, 1.807) is 4.90 Å². The second-order valence-corrected chi connectivity index (χ2v) is 7.08. The highest BCUT2D eigenvalue weighted by atomic mass is 19.2. The summed E-state index contributed by atoms with van der Waals surface area (Å²) in [5, 5.41) is 9.09. The molecule has 0 bridgehead atoms. The zero-order chi connectivity index (χ0) is 18.9. The van der Waals surface area contributed by atoms with Crippen molar-refractivity contribution < 1.29 is 27.9 Å². The van der Waals surface area contributed by atoms with Gasteiger partial charge in [0.05, 0.1) is 12.2 Å². The van der Waals surface area contributed by atoms with Gasteiger partial charge in [0.2, 0.25) is 5.91 Å². The van der Waals surface area contributed by atoms with Gasteiger partial charge in [0.15, 0.2) is 11.6 Å². The molecule has 0 radical (unpaired) electrons. The molecule has 2 amide bonds. The van der Waals surface area contributed by atoms with Crippen LogP contribution in [0.5, 0.6) is 0 Å². The van der Waals surface area contributed by atoms with E-state index in [1.807, 2.05) is 0 Å². The van der Waals surface area contributed by atoms with Crippen molar-refractivity contribution >= 4 is 11.8 Å². The number of β-amino-alcohol motifs (C(OH)–C–C–N with tert-alkyl or cyclic N) is 1. The summed E-state index contributed by atoms with van der Waals surface area (Å²) in [5.41, 5.74) is -0.590. The van der Waals surface area contributed by atoms with E-state index in [-0.39, 0.29) is 17.9 Å². The van der Waals surface area contributed by atoms with Gasteiger partial charge in [-0.15, -0.1) is 0 Å². The first-order valence-corrected chi connectivity index (χ1v) is 8.68. The van der Waals surface area contributed by atoms with Crippen molar-refractivity contribution in [3.8, 4) is 0 Å². The van der Waals surface area contributed by atoms with Crippen LogP contribution in [0.3, 0.4) is 0 Å². The Morgan fingerprint density at radius 1 is 1.08 bits per heavy atom. The van der Waals surface area contributed by atoms with Gasteiger partial charge >= 0.3 is 0 Å². The molecule has 0 aliphatic carbocycles. The largest absolute Gasteiger partial charge is 0.395 e. The Bertz CT molecular complexity index is 718. The SMILES string of the molecule is O=C1CCC2(CCN(C(=O)c3cc(F)c(F)cc3F)CC2)CN1CCO. The zero-order valence-electron chi connectivity index (χ0n) is 14.3. The summed E-state index contributed by atoms with van der Waals surface area (Å²) in [5.74, 6) is -4.30. The van der Waals surface area contributed by atoms with Gasteiger partial charge in [-0.3, -0.25) is 9.59 Å². The molecule has 2 fully saturated rings. The predicted octanol–water partition coefficient (Wildman–Crippen LogP) is 1.94. The molecule has 3 rings (SSSR count). The predicted molar refractivity (Wildman–Crippen MR) is 86.8 cm³/mol. The minimum atomic E-state index is -1.33.